The minimum Gasteiger partial charge on any atom is -0.302 e. The largest absolute Gasteiger partial charge is 0.302 e. The summed E-state index contributed by atoms with van der Waals surface area (Å²) in [6, 6.07) is 3.16. The summed E-state index contributed by atoms with van der Waals surface area (Å²) in [5.41, 5.74) is 3.19. The molecule has 1 unspecified atom stereocenters. The van der Waals surface area contributed by atoms with Crippen LogP contribution >= 0.6 is 0 Å². The standard InChI is InChI=1S/C10H13F2NO/c1-3-14-13-7(2)8-4-9(11)6-10(12)5-8/h4-7,13H,3H2,1-2H3. The van der Waals surface area contributed by atoms with Crippen LogP contribution in [0.4, 0.5) is 8.78 Å². The lowest BCUT2D eigenvalue weighted by molar-refractivity contribution is 0.0284. The second-order valence-electron chi connectivity index (χ2n) is 2.98. The van der Waals surface area contributed by atoms with Crippen molar-refractivity contribution in [2.75, 3.05) is 6.61 Å². The van der Waals surface area contributed by atoms with Crippen molar-refractivity contribution in [3.05, 3.63) is 35.4 Å². The molecule has 78 valence electrons. The summed E-state index contributed by atoms with van der Waals surface area (Å²) in [6.07, 6.45) is 0. The molecule has 4 heteroatoms. The first-order chi connectivity index (χ1) is 6.63. The molecule has 0 aliphatic carbocycles. The van der Waals surface area contributed by atoms with Crippen molar-refractivity contribution in [3.8, 4) is 0 Å². The van der Waals surface area contributed by atoms with Gasteiger partial charge in [0.2, 0.25) is 0 Å². The zero-order chi connectivity index (χ0) is 10.6. The predicted octanol–water partition coefficient (Wildman–Crippen LogP) is 2.57. The Balaban J connectivity index is 2.73. The summed E-state index contributed by atoms with van der Waals surface area (Å²) < 4.78 is 25.6. The second kappa shape index (κ2) is 5.02. The molecule has 1 atom stereocenters. The van der Waals surface area contributed by atoms with Crippen LogP contribution < -0.4 is 5.48 Å². The number of benzene rings is 1. The lowest BCUT2D eigenvalue weighted by Crippen LogP contribution is -2.19. The number of hydrogen-bond acceptors (Lipinski definition) is 2. The quantitative estimate of drug-likeness (QED) is 0.756. The Labute approximate surface area is 81.8 Å². The maximum atomic E-state index is 12.8. The minimum atomic E-state index is -0.579. The van der Waals surface area contributed by atoms with Crippen LogP contribution in [-0.4, -0.2) is 6.61 Å². The van der Waals surface area contributed by atoms with Gasteiger partial charge in [0.25, 0.3) is 0 Å². The number of halogens is 2. The summed E-state index contributed by atoms with van der Waals surface area (Å²) in [5.74, 6) is -1.16. The summed E-state index contributed by atoms with van der Waals surface area (Å²) in [6.45, 7) is 4.10. The molecule has 1 aromatic carbocycles. The van der Waals surface area contributed by atoms with Crippen LogP contribution in [-0.2, 0) is 4.84 Å². The van der Waals surface area contributed by atoms with E-state index in [4.69, 9.17) is 4.84 Å². The first-order valence-electron chi connectivity index (χ1n) is 4.46. The Hall–Kier alpha value is -1.00. The van der Waals surface area contributed by atoms with Crippen LogP contribution in [0.2, 0.25) is 0 Å². The molecule has 1 N–H and O–H groups in total. The Morgan fingerprint density at radius 3 is 2.36 bits per heavy atom. The van der Waals surface area contributed by atoms with Crippen LogP contribution in [0.15, 0.2) is 18.2 Å². The van der Waals surface area contributed by atoms with Crippen molar-refractivity contribution in [3.63, 3.8) is 0 Å². The van der Waals surface area contributed by atoms with Gasteiger partial charge in [-0.05, 0) is 31.5 Å². The first kappa shape index (κ1) is 11.1. The predicted molar refractivity (Wildman–Crippen MR) is 49.5 cm³/mol. The van der Waals surface area contributed by atoms with Crippen molar-refractivity contribution < 1.29 is 13.6 Å². The molecule has 0 amide bonds. The molecule has 0 aliphatic heterocycles. The number of nitrogens with one attached hydrogen (secondary N) is 1. The smallest absolute Gasteiger partial charge is 0.126 e. The number of hydroxylamine groups is 1. The molecular formula is C10H13F2NO. The van der Waals surface area contributed by atoms with E-state index in [9.17, 15) is 8.78 Å². The zero-order valence-corrected chi connectivity index (χ0v) is 8.18. The van der Waals surface area contributed by atoms with Crippen molar-refractivity contribution in [1.29, 1.82) is 0 Å². The van der Waals surface area contributed by atoms with Crippen LogP contribution in [0, 0.1) is 11.6 Å². The Bertz CT molecular complexity index is 284. The number of hydrogen-bond donors (Lipinski definition) is 1. The van der Waals surface area contributed by atoms with E-state index in [-0.39, 0.29) is 6.04 Å². The molecule has 0 saturated carbocycles. The van der Waals surface area contributed by atoms with Gasteiger partial charge in [-0.15, -0.1) is 0 Å². The minimum absolute atomic E-state index is 0.236. The van der Waals surface area contributed by atoms with Gasteiger partial charge >= 0.3 is 0 Å². The van der Waals surface area contributed by atoms with Gasteiger partial charge in [0.1, 0.15) is 11.6 Å². The van der Waals surface area contributed by atoms with Crippen LogP contribution in [0.5, 0.6) is 0 Å². The molecule has 1 aromatic rings. The average molecular weight is 201 g/mol. The fraction of sp³-hybridized carbons (Fsp3) is 0.400. The fourth-order valence-corrected chi connectivity index (χ4v) is 1.10. The highest BCUT2D eigenvalue weighted by atomic mass is 19.1. The van der Waals surface area contributed by atoms with Gasteiger partial charge < -0.3 is 4.84 Å². The lowest BCUT2D eigenvalue weighted by Gasteiger charge is -2.13. The third-order valence-electron chi connectivity index (χ3n) is 1.79. The third-order valence-corrected chi connectivity index (χ3v) is 1.79. The Kier molecular flexibility index (Phi) is 3.98. The van der Waals surface area contributed by atoms with Gasteiger partial charge in [0.05, 0.1) is 12.6 Å². The monoisotopic (exact) mass is 201 g/mol. The van der Waals surface area contributed by atoms with Gasteiger partial charge in [0, 0.05) is 6.07 Å². The molecule has 1 rings (SSSR count). The molecule has 0 heterocycles. The van der Waals surface area contributed by atoms with E-state index in [0.717, 1.165) is 6.07 Å². The van der Waals surface area contributed by atoms with E-state index in [1.807, 2.05) is 6.92 Å². The molecule has 0 aromatic heterocycles. The van der Waals surface area contributed by atoms with E-state index >= 15 is 0 Å². The zero-order valence-electron chi connectivity index (χ0n) is 8.18. The molecule has 0 saturated heterocycles. The van der Waals surface area contributed by atoms with Crippen molar-refractivity contribution >= 4 is 0 Å². The van der Waals surface area contributed by atoms with Crippen LogP contribution in [0.3, 0.4) is 0 Å². The highest BCUT2D eigenvalue weighted by Crippen LogP contribution is 2.15. The summed E-state index contributed by atoms with van der Waals surface area (Å²) in [4.78, 5) is 4.93. The first-order valence-corrected chi connectivity index (χ1v) is 4.46. The fourth-order valence-electron chi connectivity index (χ4n) is 1.10. The molecule has 0 fully saturated rings. The van der Waals surface area contributed by atoms with Crippen molar-refractivity contribution in [2.24, 2.45) is 0 Å². The summed E-state index contributed by atoms with van der Waals surface area (Å²) >= 11 is 0. The van der Waals surface area contributed by atoms with E-state index in [0.29, 0.717) is 12.2 Å². The van der Waals surface area contributed by atoms with E-state index in [1.54, 1.807) is 6.92 Å². The van der Waals surface area contributed by atoms with Gasteiger partial charge in [-0.2, -0.15) is 5.48 Å². The highest BCUT2D eigenvalue weighted by molar-refractivity contribution is 5.20. The van der Waals surface area contributed by atoms with Gasteiger partial charge in [0.15, 0.2) is 0 Å². The molecule has 2 nitrogen and oxygen atoms in total. The van der Waals surface area contributed by atoms with Crippen LogP contribution in [0.1, 0.15) is 25.5 Å². The third kappa shape index (κ3) is 3.05. The van der Waals surface area contributed by atoms with Gasteiger partial charge in [-0.1, -0.05) is 0 Å². The lowest BCUT2D eigenvalue weighted by atomic mass is 10.1. The van der Waals surface area contributed by atoms with Gasteiger partial charge in [-0.3, -0.25) is 0 Å². The van der Waals surface area contributed by atoms with E-state index in [1.165, 1.54) is 12.1 Å². The molecule has 0 spiro atoms. The molecule has 0 radical (unpaired) electrons. The molecule has 0 aliphatic rings. The van der Waals surface area contributed by atoms with Crippen LogP contribution in [0.25, 0.3) is 0 Å². The average Bonchev–Trinajstić information content (AvgIpc) is 2.12. The molecule has 0 bridgehead atoms. The normalized spacial score (nSPS) is 12.9. The number of rotatable bonds is 4. The van der Waals surface area contributed by atoms with Crippen molar-refractivity contribution in [2.45, 2.75) is 19.9 Å². The summed E-state index contributed by atoms with van der Waals surface area (Å²) in [5, 5.41) is 0. The van der Waals surface area contributed by atoms with Crippen molar-refractivity contribution in [1.82, 2.24) is 5.48 Å². The molecular weight excluding hydrogens is 188 g/mol. The van der Waals surface area contributed by atoms with E-state index in [2.05, 4.69) is 5.48 Å². The van der Waals surface area contributed by atoms with Gasteiger partial charge in [-0.25, -0.2) is 8.78 Å². The summed E-state index contributed by atoms with van der Waals surface area (Å²) in [7, 11) is 0. The Morgan fingerprint density at radius 2 is 1.86 bits per heavy atom. The van der Waals surface area contributed by atoms with E-state index < -0.39 is 11.6 Å². The highest BCUT2D eigenvalue weighted by Gasteiger charge is 2.07. The SMILES string of the molecule is CCONC(C)c1cc(F)cc(F)c1. The second-order valence-corrected chi connectivity index (χ2v) is 2.98. The molecule has 14 heavy (non-hydrogen) atoms. The topological polar surface area (TPSA) is 21.3 Å². The Morgan fingerprint density at radius 1 is 1.29 bits per heavy atom. The maximum Gasteiger partial charge on any atom is 0.126 e. The maximum absolute atomic E-state index is 12.8.